The summed E-state index contributed by atoms with van der Waals surface area (Å²) in [6.07, 6.45) is 4.66. The van der Waals surface area contributed by atoms with E-state index in [2.05, 4.69) is 21.2 Å². The van der Waals surface area contributed by atoms with E-state index in [1.807, 2.05) is 41.3 Å². The lowest BCUT2D eigenvalue weighted by Gasteiger charge is -2.35. The van der Waals surface area contributed by atoms with Gasteiger partial charge < -0.3 is 14.5 Å². The summed E-state index contributed by atoms with van der Waals surface area (Å²) in [6.45, 7) is 5.45. The van der Waals surface area contributed by atoms with Gasteiger partial charge in [-0.3, -0.25) is 39.1 Å². The second kappa shape index (κ2) is 14.9. The average Bonchev–Trinajstić information content (AvgIpc) is 3.56. The van der Waals surface area contributed by atoms with E-state index in [-0.39, 0.29) is 30.8 Å². The Labute approximate surface area is 318 Å². The smallest absolute Gasteiger partial charge is 0.262 e. The molecule has 5 heterocycles. The molecule has 5 aliphatic heterocycles. The number of carbonyl (C=O) groups is 5. The predicted octanol–water partition coefficient (Wildman–Crippen LogP) is 4.92. The summed E-state index contributed by atoms with van der Waals surface area (Å²) in [4.78, 5) is 71.8. The number of rotatable bonds is 7. The maximum absolute atomic E-state index is 13.5. The number of halogens is 1. The SMILES string of the molecule is N#Cc1ccc(OC2CCCN(C(=O)c3ccc(N4CCC(CN5Cc6cc7c(cc6C5)C(=O)N(C5CCC(=O)NC5=O)C7=O)CC4)cc3)CC2)cc1Cl. The number of benzene rings is 3. The molecule has 54 heavy (non-hydrogen) atoms. The molecule has 0 spiro atoms. The molecule has 0 radical (unpaired) electrons. The van der Waals surface area contributed by atoms with Crippen LogP contribution in [0, 0.1) is 17.2 Å². The lowest BCUT2D eigenvalue weighted by atomic mass is 9.95. The minimum atomic E-state index is -0.962. The number of imide groups is 2. The molecular formula is C41H41ClN6O6. The number of piperidine rings is 2. The van der Waals surface area contributed by atoms with Gasteiger partial charge in [-0.25, -0.2) is 0 Å². The Morgan fingerprint density at radius 1 is 0.852 bits per heavy atom. The minimum absolute atomic E-state index is 0.0273. The zero-order valence-corrected chi connectivity index (χ0v) is 30.6. The van der Waals surface area contributed by atoms with Crippen LogP contribution < -0.4 is 15.0 Å². The molecule has 8 rings (SSSR count). The van der Waals surface area contributed by atoms with Gasteiger partial charge in [0.25, 0.3) is 17.7 Å². The van der Waals surface area contributed by atoms with Gasteiger partial charge in [-0.05, 0) is 97.7 Å². The Morgan fingerprint density at radius 2 is 1.56 bits per heavy atom. The highest BCUT2D eigenvalue weighted by Crippen LogP contribution is 2.35. The first-order chi connectivity index (χ1) is 26.1. The molecular weight excluding hydrogens is 708 g/mol. The van der Waals surface area contributed by atoms with E-state index in [1.54, 1.807) is 18.2 Å². The molecule has 12 nitrogen and oxygen atoms in total. The zero-order valence-electron chi connectivity index (χ0n) is 29.9. The molecule has 2 atom stereocenters. The van der Waals surface area contributed by atoms with E-state index < -0.39 is 23.8 Å². The monoisotopic (exact) mass is 748 g/mol. The number of nitriles is 1. The van der Waals surface area contributed by atoms with Gasteiger partial charge in [0.2, 0.25) is 11.8 Å². The number of fused-ring (bicyclic) bond motifs is 2. The van der Waals surface area contributed by atoms with Crippen molar-refractivity contribution in [2.24, 2.45) is 5.92 Å². The average molecular weight is 749 g/mol. The third-order valence-corrected chi connectivity index (χ3v) is 11.8. The third-order valence-electron chi connectivity index (χ3n) is 11.5. The van der Waals surface area contributed by atoms with Crippen LogP contribution in [0.15, 0.2) is 54.6 Å². The molecule has 3 aromatic rings. The highest BCUT2D eigenvalue weighted by atomic mass is 35.5. The third kappa shape index (κ3) is 7.06. The van der Waals surface area contributed by atoms with Crippen molar-refractivity contribution in [2.75, 3.05) is 37.6 Å². The topological polar surface area (TPSA) is 143 Å². The van der Waals surface area contributed by atoms with Crippen molar-refractivity contribution in [1.29, 1.82) is 5.26 Å². The molecule has 0 saturated carbocycles. The molecule has 0 aromatic heterocycles. The number of likely N-dealkylation sites (tertiary alicyclic amines) is 1. The number of nitrogens with zero attached hydrogens (tertiary/aromatic N) is 5. The van der Waals surface area contributed by atoms with Crippen molar-refractivity contribution in [3.05, 3.63) is 93.0 Å². The molecule has 1 N–H and O–H groups in total. The number of nitrogens with one attached hydrogen (secondary N) is 1. The number of hydrogen-bond donors (Lipinski definition) is 1. The quantitative estimate of drug-likeness (QED) is 0.333. The van der Waals surface area contributed by atoms with Crippen molar-refractivity contribution < 1.29 is 28.7 Å². The summed E-state index contributed by atoms with van der Waals surface area (Å²) in [6, 6.07) is 17.8. The Hall–Kier alpha value is -5.25. The zero-order chi connectivity index (χ0) is 37.5. The molecule has 5 amide bonds. The Kier molecular flexibility index (Phi) is 9.85. The number of carbonyl (C=O) groups excluding carboxylic acids is 5. The van der Waals surface area contributed by atoms with Crippen LogP contribution in [0.3, 0.4) is 0 Å². The Bertz CT molecular complexity index is 2030. The molecule has 5 aliphatic rings. The van der Waals surface area contributed by atoms with Crippen molar-refractivity contribution in [1.82, 2.24) is 20.0 Å². The summed E-state index contributed by atoms with van der Waals surface area (Å²) >= 11 is 6.18. The fraction of sp³-hybridized carbons (Fsp3) is 0.415. The summed E-state index contributed by atoms with van der Waals surface area (Å²) in [5.74, 6) is -0.752. The number of amides is 5. The summed E-state index contributed by atoms with van der Waals surface area (Å²) < 4.78 is 6.16. The van der Waals surface area contributed by atoms with Crippen LogP contribution in [0.4, 0.5) is 5.69 Å². The second-order valence-electron chi connectivity index (χ2n) is 15.0. The number of hydrogen-bond acceptors (Lipinski definition) is 9. The van der Waals surface area contributed by atoms with E-state index >= 15 is 0 Å². The van der Waals surface area contributed by atoms with Gasteiger partial charge in [-0.1, -0.05) is 11.6 Å². The van der Waals surface area contributed by atoms with E-state index in [4.69, 9.17) is 21.6 Å². The van der Waals surface area contributed by atoms with Gasteiger partial charge in [0.1, 0.15) is 24.0 Å². The normalized spacial score (nSPS) is 22.1. The van der Waals surface area contributed by atoms with Crippen molar-refractivity contribution in [3.8, 4) is 11.8 Å². The summed E-state index contributed by atoms with van der Waals surface area (Å²) in [5, 5.41) is 11.7. The van der Waals surface area contributed by atoms with Gasteiger partial charge in [0.05, 0.1) is 21.7 Å². The predicted molar refractivity (Wildman–Crippen MR) is 199 cm³/mol. The van der Waals surface area contributed by atoms with E-state index in [9.17, 15) is 24.0 Å². The molecule has 13 heteroatoms. The molecule has 3 fully saturated rings. The maximum atomic E-state index is 13.5. The van der Waals surface area contributed by atoms with Crippen LogP contribution in [-0.4, -0.2) is 89.1 Å². The Balaban J connectivity index is 0.805. The van der Waals surface area contributed by atoms with Gasteiger partial charge in [-0.2, -0.15) is 5.26 Å². The minimum Gasteiger partial charge on any atom is -0.490 e. The van der Waals surface area contributed by atoms with Crippen LogP contribution in [-0.2, 0) is 22.7 Å². The maximum Gasteiger partial charge on any atom is 0.262 e. The highest BCUT2D eigenvalue weighted by Gasteiger charge is 2.45. The first-order valence-corrected chi connectivity index (χ1v) is 19.1. The van der Waals surface area contributed by atoms with Crippen LogP contribution in [0.1, 0.15) is 92.7 Å². The standard InChI is InChI=1S/C41H41ClN6O6/c42-35-20-32(8-5-27(35)21-43)54-31-2-1-14-47(17-13-31)39(51)26-3-6-30(7-4-26)46-15-11-25(12-16-46)22-45-23-28-18-33-34(19-29(28)24-45)41(53)48(40(33)52)36-9-10-37(49)44-38(36)50/h3-8,18-20,25,31,36H,1-2,9-17,22-24H2,(H,44,49,50). The van der Waals surface area contributed by atoms with Crippen molar-refractivity contribution in [2.45, 2.75) is 70.2 Å². The van der Waals surface area contributed by atoms with E-state index in [0.717, 1.165) is 67.0 Å². The van der Waals surface area contributed by atoms with Crippen molar-refractivity contribution in [3.63, 3.8) is 0 Å². The van der Waals surface area contributed by atoms with E-state index in [0.29, 0.717) is 71.5 Å². The number of ether oxygens (including phenoxy) is 1. The fourth-order valence-corrected chi connectivity index (χ4v) is 8.76. The van der Waals surface area contributed by atoms with Gasteiger partial charge >= 0.3 is 0 Å². The van der Waals surface area contributed by atoms with Gasteiger partial charge in [-0.15, -0.1) is 0 Å². The molecule has 3 aromatic carbocycles. The number of anilines is 1. The summed E-state index contributed by atoms with van der Waals surface area (Å²) in [7, 11) is 0. The summed E-state index contributed by atoms with van der Waals surface area (Å²) in [5.41, 5.74) is 4.95. The van der Waals surface area contributed by atoms with Crippen LogP contribution >= 0.6 is 11.6 Å². The molecule has 0 aliphatic carbocycles. The molecule has 3 saturated heterocycles. The van der Waals surface area contributed by atoms with E-state index in [1.165, 1.54) is 0 Å². The second-order valence-corrected chi connectivity index (χ2v) is 15.4. The van der Waals surface area contributed by atoms with Crippen LogP contribution in [0.2, 0.25) is 5.02 Å². The first kappa shape index (κ1) is 35.8. The molecule has 278 valence electrons. The fourth-order valence-electron chi connectivity index (χ4n) is 8.54. The van der Waals surface area contributed by atoms with Crippen LogP contribution in [0.25, 0.3) is 0 Å². The largest absolute Gasteiger partial charge is 0.490 e. The van der Waals surface area contributed by atoms with Gasteiger partial charge in [0.15, 0.2) is 0 Å². The first-order valence-electron chi connectivity index (χ1n) is 18.8. The van der Waals surface area contributed by atoms with Crippen molar-refractivity contribution >= 4 is 46.8 Å². The Morgan fingerprint density at radius 3 is 2.20 bits per heavy atom. The highest BCUT2D eigenvalue weighted by molar-refractivity contribution is 6.31. The lowest BCUT2D eigenvalue weighted by Crippen LogP contribution is -2.54. The molecule has 2 unspecified atom stereocenters. The molecule has 0 bridgehead atoms. The van der Waals surface area contributed by atoms with Gasteiger partial charge in [0, 0.05) is 76.0 Å². The van der Waals surface area contributed by atoms with Crippen LogP contribution in [0.5, 0.6) is 5.75 Å². The lowest BCUT2D eigenvalue weighted by molar-refractivity contribution is -0.136.